The molecule has 2 aromatic rings. The normalized spacial score (nSPS) is 17.7. The van der Waals surface area contributed by atoms with Crippen molar-refractivity contribution in [3.63, 3.8) is 0 Å². The molecule has 0 saturated heterocycles. The molecule has 1 aromatic carbocycles. The van der Waals surface area contributed by atoms with Crippen molar-refractivity contribution in [2.75, 3.05) is 18.2 Å². The van der Waals surface area contributed by atoms with Gasteiger partial charge in [-0.1, -0.05) is 37.8 Å². The molecular weight excluding hydrogens is 471 g/mol. The maximum Gasteiger partial charge on any atom is 0.334 e. The molecule has 32 heavy (non-hydrogen) atoms. The first-order chi connectivity index (χ1) is 15.1. The number of aromatic nitrogens is 1. The molecule has 1 aliphatic rings. The number of nitrogens with zero attached hydrogens (tertiary/aromatic N) is 1. The molecule has 3 rings (SSSR count). The van der Waals surface area contributed by atoms with E-state index >= 15 is 0 Å². The summed E-state index contributed by atoms with van der Waals surface area (Å²) in [6, 6.07) is 6.47. The maximum absolute atomic E-state index is 13.2. The molecule has 11 heteroatoms. The zero-order valence-corrected chi connectivity index (χ0v) is 20.7. The molecule has 1 unspecified atom stereocenters. The highest BCUT2D eigenvalue weighted by atomic mass is 32.2. The molecule has 176 valence electrons. The number of nitrogens with one attached hydrogen (secondary N) is 1. The van der Waals surface area contributed by atoms with Crippen molar-refractivity contribution in [3.05, 3.63) is 40.9 Å². The number of carbonyl (C=O) groups is 1. The van der Waals surface area contributed by atoms with Crippen LogP contribution in [0.3, 0.4) is 0 Å². The van der Waals surface area contributed by atoms with Crippen LogP contribution in [0.1, 0.15) is 56.2 Å². The van der Waals surface area contributed by atoms with Gasteiger partial charge in [-0.2, -0.15) is 0 Å². The number of carbonyl (C=O) groups excluding carboxylic acids is 1. The lowest BCUT2D eigenvalue weighted by Gasteiger charge is -2.20. The van der Waals surface area contributed by atoms with Crippen LogP contribution in [0.25, 0.3) is 0 Å². The second kappa shape index (κ2) is 10.6. The van der Waals surface area contributed by atoms with Crippen molar-refractivity contribution in [2.24, 2.45) is 5.92 Å². The number of sulfone groups is 1. The average Bonchev–Trinajstić information content (AvgIpc) is 3.37. The van der Waals surface area contributed by atoms with Gasteiger partial charge in [-0.25, -0.2) is 13.4 Å². The molecule has 2 atom stereocenters. The Bertz CT molecular complexity index is 1080. The molecular formula is C21H29N2O6PS2. The molecule has 1 fully saturated rings. The fourth-order valence-corrected chi connectivity index (χ4v) is 6.54. The van der Waals surface area contributed by atoms with Gasteiger partial charge in [0.2, 0.25) is 5.91 Å². The number of amides is 1. The van der Waals surface area contributed by atoms with Gasteiger partial charge in [-0.3, -0.25) is 9.36 Å². The van der Waals surface area contributed by atoms with Crippen LogP contribution >= 0.6 is 18.9 Å². The van der Waals surface area contributed by atoms with Gasteiger partial charge >= 0.3 is 7.60 Å². The molecule has 1 aromatic heterocycles. The van der Waals surface area contributed by atoms with E-state index in [0.717, 1.165) is 37.5 Å². The Morgan fingerprint density at radius 2 is 1.97 bits per heavy atom. The highest BCUT2D eigenvalue weighted by Gasteiger charge is 2.28. The quantitative estimate of drug-likeness (QED) is 0.458. The summed E-state index contributed by atoms with van der Waals surface area (Å²) in [5, 5.41) is 4.82. The second-order valence-electron chi connectivity index (χ2n) is 8.13. The number of hydrogen-bond donors (Lipinski definition) is 2. The van der Waals surface area contributed by atoms with Crippen LogP contribution in [0.2, 0.25) is 0 Å². The Morgan fingerprint density at radius 3 is 2.56 bits per heavy atom. The van der Waals surface area contributed by atoms with Gasteiger partial charge < -0.3 is 14.7 Å². The van der Waals surface area contributed by atoms with Crippen LogP contribution < -0.4 is 5.32 Å². The van der Waals surface area contributed by atoms with Gasteiger partial charge in [-0.05, 0) is 37.0 Å². The molecule has 0 radical (unpaired) electrons. The summed E-state index contributed by atoms with van der Waals surface area (Å²) in [5.74, 6) is -0.216. The molecule has 1 aliphatic carbocycles. The third-order valence-corrected chi connectivity index (χ3v) is 8.87. The summed E-state index contributed by atoms with van der Waals surface area (Å²) < 4.78 is 40.4. The molecule has 1 heterocycles. The van der Waals surface area contributed by atoms with E-state index in [9.17, 15) is 22.7 Å². The van der Waals surface area contributed by atoms with Crippen molar-refractivity contribution < 1.29 is 27.2 Å². The monoisotopic (exact) mass is 500 g/mol. The van der Waals surface area contributed by atoms with Gasteiger partial charge in [0.05, 0.1) is 29.3 Å². The molecule has 2 N–H and O–H groups in total. The molecule has 0 aliphatic heterocycles. The number of hydrogen-bond acceptors (Lipinski definition) is 7. The summed E-state index contributed by atoms with van der Waals surface area (Å²) in [5.41, 5.74) is 1.14. The summed E-state index contributed by atoms with van der Waals surface area (Å²) in [4.78, 5) is 27.5. The van der Waals surface area contributed by atoms with Gasteiger partial charge in [-0.15, -0.1) is 11.3 Å². The van der Waals surface area contributed by atoms with Gasteiger partial charge in [0.1, 0.15) is 0 Å². The second-order valence-corrected chi connectivity index (χ2v) is 12.8. The minimum absolute atomic E-state index is 0.127. The standard InChI is InChI=1S/C21H29N2O6PS2/c1-3-29-30(25,26)13-17-14-31-21(22-17)23-20(24)19(12-15-6-4-5-7-15)16-8-10-18(11-9-16)32(2,27)28/h8-11,14-15,19H,3-7,12-13H2,1-2H3,(H,25,26)(H,22,23,24)/t19-/m1/s1. The van der Waals surface area contributed by atoms with E-state index in [1.54, 1.807) is 24.4 Å². The van der Waals surface area contributed by atoms with Crippen molar-refractivity contribution >= 4 is 39.8 Å². The Labute approximate surface area is 192 Å². The lowest BCUT2D eigenvalue weighted by Crippen LogP contribution is -2.23. The summed E-state index contributed by atoms with van der Waals surface area (Å²) >= 11 is 1.19. The zero-order chi connectivity index (χ0) is 23.4. The summed E-state index contributed by atoms with van der Waals surface area (Å²) in [7, 11) is -7.07. The lowest BCUT2D eigenvalue weighted by molar-refractivity contribution is -0.118. The van der Waals surface area contributed by atoms with Crippen LogP contribution in [-0.4, -0.2) is 37.1 Å². The van der Waals surface area contributed by atoms with Crippen molar-refractivity contribution in [1.82, 2.24) is 4.98 Å². The van der Waals surface area contributed by atoms with E-state index in [2.05, 4.69) is 10.3 Å². The number of thiazole rings is 1. The van der Waals surface area contributed by atoms with E-state index in [4.69, 9.17) is 4.52 Å². The van der Waals surface area contributed by atoms with E-state index in [1.807, 2.05) is 0 Å². The molecule has 1 saturated carbocycles. The van der Waals surface area contributed by atoms with Crippen LogP contribution in [0.4, 0.5) is 5.13 Å². The first-order valence-electron chi connectivity index (χ1n) is 10.6. The third-order valence-electron chi connectivity index (χ3n) is 5.55. The minimum atomic E-state index is -3.76. The Balaban J connectivity index is 1.76. The number of benzene rings is 1. The molecule has 8 nitrogen and oxygen atoms in total. The van der Waals surface area contributed by atoms with Crippen LogP contribution in [-0.2, 0) is 29.9 Å². The molecule has 0 bridgehead atoms. The first kappa shape index (κ1) is 25.1. The molecule has 0 spiro atoms. The maximum atomic E-state index is 13.2. The Morgan fingerprint density at radius 1 is 1.31 bits per heavy atom. The predicted molar refractivity (Wildman–Crippen MR) is 125 cm³/mol. The molecule has 1 amide bonds. The highest BCUT2D eigenvalue weighted by Crippen LogP contribution is 2.45. The average molecular weight is 501 g/mol. The third kappa shape index (κ3) is 6.96. The van der Waals surface area contributed by atoms with Crippen LogP contribution in [0.5, 0.6) is 0 Å². The van der Waals surface area contributed by atoms with E-state index in [-0.39, 0.29) is 23.6 Å². The largest absolute Gasteiger partial charge is 0.334 e. The van der Waals surface area contributed by atoms with Gasteiger partial charge in [0, 0.05) is 11.6 Å². The smallest absolute Gasteiger partial charge is 0.324 e. The number of anilines is 1. The van der Waals surface area contributed by atoms with Crippen molar-refractivity contribution in [3.8, 4) is 0 Å². The van der Waals surface area contributed by atoms with Crippen molar-refractivity contribution in [1.29, 1.82) is 0 Å². The SMILES string of the molecule is CCOP(=O)(O)Cc1csc(NC(=O)[C@H](CC2CCCC2)c2ccc(S(C)(=O)=O)cc2)n1. The topological polar surface area (TPSA) is 123 Å². The Kier molecular flexibility index (Phi) is 8.27. The first-order valence-corrected chi connectivity index (χ1v) is 15.1. The minimum Gasteiger partial charge on any atom is -0.324 e. The number of rotatable bonds is 10. The summed E-state index contributed by atoms with van der Waals surface area (Å²) in [6.07, 6.45) is 6.09. The fourth-order valence-electron chi connectivity index (χ4n) is 4.00. The van der Waals surface area contributed by atoms with Crippen molar-refractivity contribution in [2.45, 2.75) is 56.0 Å². The van der Waals surface area contributed by atoms with Gasteiger partial charge in [0.25, 0.3) is 0 Å². The Hall–Kier alpha value is -1.58. The summed E-state index contributed by atoms with van der Waals surface area (Å²) in [6.45, 7) is 1.77. The fraction of sp³-hybridized carbons (Fsp3) is 0.524. The van der Waals surface area contributed by atoms with E-state index in [0.29, 0.717) is 23.2 Å². The van der Waals surface area contributed by atoms with Gasteiger partial charge in [0.15, 0.2) is 15.0 Å². The van der Waals surface area contributed by atoms with E-state index in [1.165, 1.54) is 23.5 Å². The zero-order valence-electron chi connectivity index (χ0n) is 18.2. The van der Waals surface area contributed by atoms with E-state index < -0.39 is 23.4 Å². The van der Waals surface area contributed by atoms with Crippen LogP contribution in [0.15, 0.2) is 34.5 Å². The predicted octanol–water partition coefficient (Wildman–Crippen LogP) is 4.57. The highest BCUT2D eigenvalue weighted by molar-refractivity contribution is 7.90. The van der Waals surface area contributed by atoms with Crippen LogP contribution in [0, 0.1) is 5.92 Å². The lowest BCUT2D eigenvalue weighted by atomic mass is 9.87.